The van der Waals surface area contributed by atoms with E-state index in [9.17, 15) is 5.11 Å². The monoisotopic (exact) mass is 287 g/mol. The second-order valence-electron chi connectivity index (χ2n) is 3.88. The van der Waals surface area contributed by atoms with E-state index >= 15 is 0 Å². The fourth-order valence-corrected chi connectivity index (χ4v) is 1.90. The van der Waals surface area contributed by atoms with Gasteiger partial charge >= 0.3 is 0 Å². The normalized spacial score (nSPS) is 14.5. The van der Waals surface area contributed by atoms with Gasteiger partial charge in [0, 0.05) is 15.6 Å². The second-order valence-corrected chi connectivity index (χ2v) is 4.75. The van der Waals surface area contributed by atoms with Gasteiger partial charge in [0.2, 0.25) is 11.7 Å². The highest BCUT2D eigenvalue weighted by molar-refractivity contribution is 6.35. The molecule has 18 heavy (non-hydrogen) atoms. The van der Waals surface area contributed by atoms with E-state index in [0.29, 0.717) is 21.4 Å². The number of benzene rings is 1. The van der Waals surface area contributed by atoms with Crippen molar-refractivity contribution >= 4 is 23.2 Å². The Morgan fingerprint density at radius 2 is 1.89 bits per heavy atom. The summed E-state index contributed by atoms with van der Waals surface area (Å²) in [6.45, 7) is 1.55. The van der Waals surface area contributed by atoms with Crippen LogP contribution in [-0.2, 0) is 0 Å². The van der Waals surface area contributed by atoms with Gasteiger partial charge in [0.05, 0.1) is 6.10 Å². The third-order valence-electron chi connectivity index (χ3n) is 2.37. The van der Waals surface area contributed by atoms with Gasteiger partial charge in [-0.25, -0.2) is 0 Å². The van der Waals surface area contributed by atoms with Crippen LogP contribution in [0.4, 0.5) is 0 Å². The van der Waals surface area contributed by atoms with Crippen molar-refractivity contribution in [2.45, 2.75) is 19.1 Å². The highest BCUT2D eigenvalue weighted by Gasteiger charge is 2.20. The molecular formula is C11H11Cl2N3O2. The standard InChI is InChI=1S/C11H11Cl2N3O2/c1-5(17)9(14)11-15-10(16-18-11)6-2-7(12)4-8(13)3-6/h2-5,9,17H,14H2,1H3/t5-,9+/m1/s1. The number of aliphatic hydroxyl groups excluding tert-OH is 1. The van der Waals surface area contributed by atoms with E-state index in [1.54, 1.807) is 25.1 Å². The topological polar surface area (TPSA) is 85.2 Å². The third kappa shape index (κ3) is 2.81. The first-order valence-electron chi connectivity index (χ1n) is 5.21. The van der Waals surface area contributed by atoms with Crippen molar-refractivity contribution in [1.29, 1.82) is 0 Å². The summed E-state index contributed by atoms with van der Waals surface area (Å²) in [5, 5.41) is 14.1. The predicted molar refractivity (Wildman–Crippen MR) is 68.4 cm³/mol. The molecule has 2 atom stereocenters. The minimum absolute atomic E-state index is 0.163. The van der Waals surface area contributed by atoms with E-state index < -0.39 is 12.1 Å². The Labute approximate surface area is 114 Å². The highest BCUT2D eigenvalue weighted by atomic mass is 35.5. The van der Waals surface area contributed by atoms with Crippen LogP contribution >= 0.6 is 23.2 Å². The van der Waals surface area contributed by atoms with Crippen molar-refractivity contribution in [3.63, 3.8) is 0 Å². The van der Waals surface area contributed by atoms with Crippen LogP contribution in [0, 0.1) is 0 Å². The van der Waals surface area contributed by atoms with Gasteiger partial charge in [0.1, 0.15) is 6.04 Å². The van der Waals surface area contributed by atoms with Gasteiger partial charge in [-0.05, 0) is 25.1 Å². The molecule has 5 nitrogen and oxygen atoms in total. The molecule has 0 aliphatic carbocycles. The Bertz CT molecular complexity index is 537. The van der Waals surface area contributed by atoms with E-state index in [0.717, 1.165) is 0 Å². The van der Waals surface area contributed by atoms with Gasteiger partial charge < -0.3 is 15.4 Å². The number of nitrogens with zero attached hydrogens (tertiary/aromatic N) is 2. The molecule has 0 bridgehead atoms. The largest absolute Gasteiger partial charge is 0.391 e. The maximum Gasteiger partial charge on any atom is 0.246 e. The first-order valence-corrected chi connectivity index (χ1v) is 5.96. The maximum atomic E-state index is 9.35. The smallest absolute Gasteiger partial charge is 0.246 e. The molecule has 0 unspecified atom stereocenters. The Kier molecular flexibility index (Phi) is 3.87. The van der Waals surface area contributed by atoms with Crippen molar-refractivity contribution in [2.24, 2.45) is 5.73 Å². The Balaban J connectivity index is 2.35. The predicted octanol–water partition coefficient (Wildman–Crippen LogP) is 2.42. The van der Waals surface area contributed by atoms with Crippen LogP contribution in [0.25, 0.3) is 11.4 Å². The zero-order valence-electron chi connectivity index (χ0n) is 9.47. The molecule has 1 heterocycles. The van der Waals surface area contributed by atoms with Crippen molar-refractivity contribution in [2.75, 3.05) is 0 Å². The number of hydrogen-bond donors (Lipinski definition) is 2. The van der Waals surface area contributed by atoms with Gasteiger partial charge in [-0.15, -0.1) is 0 Å². The van der Waals surface area contributed by atoms with Crippen molar-refractivity contribution < 1.29 is 9.63 Å². The van der Waals surface area contributed by atoms with Gasteiger partial charge in [0.15, 0.2) is 0 Å². The molecule has 1 aromatic heterocycles. The number of rotatable bonds is 3. The van der Waals surface area contributed by atoms with E-state index in [1.807, 2.05) is 0 Å². The van der Waals surface area contributed by atoms with E-state index in [4.69, 9.17) is 33.5 Å². The summed E-state index contributed by atoms with van der Waals surface area (Å²) in [5.41, 5.74) is 6.32. The lowest BCUT2D eigenvalue weighted by Gasteiger charge is -2.08. The molecule has 7 heteroatoms. The van der Waals surface area contributed by atoms with E-state index in [1.165, 1.54) is 0 Å². The van der Waals surface area contributed by atoms with E-state index in [2.05, 4.69) is 10.1 Å². The summed E-state index contributed by atoms with van der Waals surface area (Å²) in [5.74, 6) is 0.488. The molecule has 0 saturated heterocycles. The molecular weight excluding hydrogens is 277 g/mol. The second kappa shape index (κ2) is 5.24. The molecule has 2 rings (SSSR count). The van der Waals surface area contributed by atoms with Gasteiger partial charge in [0.25, 0.3) is 0 Å². The average Bonchev–Trinajstić information content (AvgIpc) is 2.75. The zero-order chi connectivity index (χ0) is 13.3. The molecule has 96 valence electrons. The van der Waals surface area contributed by atoms with Gasteiger partial charge in [-0.2, -0.15) is 4.98 Å². The van der Waals surface area contributed by atoms with Crippen LogP contribution in [0.1, 0.15) is 18.9 Å². The zero-order valence-corrected chi connectivity index (χ0v) is 11.0. The number of nitrogens with two attached hydrogens (primary N) is 1. The van der Waals surface area contributed by atoms with Crippen LogP contribution in [0.15, 0.2) is 22.7 Å². The molecule has 2 aromatic rings. The summed E-state index contributed by atoms with van der Waals surface area (Å²) < 4.78 is 4.99. The summed E-state index contributed by atoms with van der Waals surface area (Å²) in [6, 6.07) is 4.21. The number of hydrogen-bond acceptors (Lipinski definition) is 5. The first kappa shape index (κ1) is 13.3. The molecule has 1 aromatic carbocycles. The highest BCUT2D eigenvalue weighted by Crippen LogP contribution is 2.26. The summed E-state index contributed by atoms with van der Waals surface area (Å²) in [4.78, 5) is 4.10. The van der Waals surface area contributed by atoms with Crippen molar-refractivity contribution in [3.8, 4) is 11.4 Å². The molecule has 0 amide bonds. The van der Waals surface area contributed by atoms with E-state index in [-0.39, 0.29) is 5.89 Å². The minimum Gasteiger partial charge on any atom is -0.391 e. The van der Waals surface area contributed by atoms with Gasteiger partial charge in [-0.3, -0.25) is 0 Å². The van der Waals surface area contributed by atoms with Crippen LogP contribution in [0.5, 0.6) is 0 Å². The molecule has 0 fully saturated rings. The third-order valence-corrected chi connectivity index (χ3v) is 2.80. The van der Waals surface area contributed by atoms with Crippen LogP contribution < -0.4 is 5.73 Å². The molecule has 0 saturated carbocycles. The fraction of sp³-hybridized carbons (Fsp3) is 0.273. The molecule has 0 radical (unpaired) electrons. The summed E-state index contributed by atoms with van der Waals surface area (Å²) >= 11 is 11.8. The maximum absolute atomic E-state index is 9.35. The van der Waals surface area contributed by atoms with Gasteiger partial charge in [-0.1, -0.05) is 28.4 Å². The molecule has 0 aliphatic heterocycles. The summed E-state index contributed by atoms with van der Waals surface area (Å²) in [6.07, 6.45) is -0.777. The van der Waals surface area contributed by atoms with Crippen molar-refractivity contribution in [3.05, 3.63) is 34.1 Å². The molecule has 0 aliphatic rings. The lowest BCUT2D eigenvalue weighted by atomic mass is 10.2. The Morgan fingerprint density at radius 3 is 2.44 bits per heavy atom. The lowest BCUT2D eigenvalue weighted by Crippen LogP contribution is -2.23. The molecule has 0 spiro atoms. The molecule has 3 N–H and O–H groups in total. The van der Waals surface area contributed by atoms with Crippen LogP contribution in [0.3, 0.4) is 0 Å². The van der Waals surface area contributed by atoms with Crippen molar-refractivity contribution in [1.82, 2.24) is 10.1 Å². The quantitative estimate of drug-likeness (QED) is 0.906. The number of aromatic nitrogens is 2. The Morgan fingerprint density at radius 1 is 1.28 bits per heavy atom. The van der Waals surface area contributed by atoms with Crippen LogP contribution in [-0.4, -0.2) is 21.4 Å². The lowest BCUT2D eigenvalue weighted by molar-refractivity contribution is 0.146. The number of aliphatic hydroxyl groups is 1. The summed E-state index contributed by atoms with van der Waals surface area (Å²) in [7, 11) is 0. The minimum atomic E-state index is -0.777. The number of halogens is 2. The SMILES string of the molecule is C[C@@H](O)[C@H](N)c1nc(-c2cc(Cl)cc(Cl)c2)no1. The first-order chi connectivity index (χ1) is 8.47. The fourth-order valence-electron chi connectivity index (χ4n) is 1.38. The average molecular weight is 288 g/mol. The Hall–Kier alpha value is -1.14. The van der Waals surface area contributed by atoms with Crippen LogP contribution in [0.2, 0.25) is 10.0 Å².